The number of amides is 1. The van der Waals surface area contributed by atoms with Crippen LogP contribution >= 0.6 is 0 Å². The van der Waals surface area contributed by atoms with E-state index < -0.39 is 0 Å². The second-order valence-electron chi connectivity index (χ2n) is 6.74. The van der Waals surface area contributed by atoms with E-state index in [9.17, 15) is 4.79 Å². The Morgan fingerprint density at radius 1 is 1.07 bits per heavy atom. The largest absolute Gasteiger partial charge is 0.493 e. The maximum Gasteiger partial charge on any atom is 0.276 e. The van der Waals surface area contributed by atoms with Crippen LogP contribution in [0.15, 0.2) is 22.7 Å². The molecule has 1 saturated heterocycles. The summed E-state index contributed by atoms with van der Waals surface area (Å²) in [5.41, 5.74) is 7.17. The zero-order valence-corrected chi connectivity index (χ0v) is 16.5. The fraction of sp³-hybridized carbons (Fsp3) is 0.368. The number of hydrogen-bond donors (Lipinski definition) is 1. The molecule has 29 heavy (non-hydrogen) atoms. The van der Waals surface area contributed by atoms with E-state index in [0.717, 1.165) is 0 Å². The number of ether oxygens (including phenoxy) is 2. The van der Waals surface area contributed by atoms with E-state index in [1.54, 1.807) is 44.2 Å². The second kappa shape index (κ2) is 7.46. The molecule has 1 aromatic carbocycles. The fourth-order valence-corrected chi connectivity index (χ4v) is 3.35. The molecule has 1 fully saturated rings. The maximum atomic E-state index is 12.5. The molecule has 0 bridgehead atoms. The number of carbonyl (C=O) groups excluding carboxylic acids is 1. The van der Waals surface area contributed by atoms with Gasteiger partial charge in [-0.2, -0.15) is 4.98 Å². The minimum atomic E-state index is -0.141. The first-order chi connectivity index (χ1) is 14.0. The van der Waals surface area contributed by atoms with Gasteiger partial charge in [0, 0.05) is 43.7 Å². The molecule has 2 aromatic heterocycles. The van der Waals surface area contributed by atoms with Crippen LogP contribution in [-0.4, -0.2) is 66.3 Å². The van der Waals surface area contributed by atoms with Crippen LogP contribution in [-0.2, 0) is 0 Å². The van der Waals surface area contributed by atoms with Crippen molar-refractivity contribution in [2.24, 2.45) is 0 Å². The second-order valence-corrected chi connectivity index (χ2v) is 6.74. The van der Waals surface area contributed by atoms with Gasteiger partial charge in [0.25, 0.3) is 5.91 Å². The summed E-state index contributed by atoms with van der Waals surface area (Å²) in [5, 5.41) is 4.50. The van der Waals surface area contributed by atoms with Crippen molar-refractivity contribution in [2.45, 2.75) is 6.92 Å². The summed E-state index contributed by atoms with van der Waals surface area (Å²) < 4.78 is 15.7. The third kappa shape index (κ3) is 3.48. The van der Waals surface area contributed by atoms with Gasteiger partial charge in [-0.25, -0.2) is 4.98 Å². The van der Waals surface area contributed by atoms with Gasteiger partial charge in [0.05, 0.1) is 19.7 Å². The van der Waals surface area contributed by atoms with Gasteiger partial charge >= 0.3 is 0 Å². The maximum absolute atomic E-state index is 12.5. The van der Waals surface area contributed by atoms with Gasteiger partial charge in [-0.15, -0.1) is 0 Å². The van der Waals surface area contributed by atoms with E-state index in [2.05, 4.69) is 15.1 Å². The highest BCUT2D eigenvalue weighted by Gasteiger charge is 2.26. The number of benzene rings is 1. The highest BCUT2D eigenvalue weighted by molar-refractivity contribution is 5.93. The van der Waals surface area contributed by atoms with E-state index in [-0.39, 0.29) is 5.91 Å². The number of nitrogens with zero attached hydrogens (tertiary/aromatic N) is 5. The van der Waals surface area contributed by atoms with E-state index in [1.165, 1.54) is 0 Å². The van der Waals surface area contributed by atoms with Crippen LogP contribution in [0.5, 0.6) is 11.5 Å². The van der Waals surface area contributed by atoms with Crippen LogP contribution in [0.2, 0.25) is 0 Å². The minimum Gasteiger partial charge on any atom is -0.493 e. The van der Waals surface area contributed by atoms with Gasteiger partial charge in [0.1, 0.15) is 11.6 Å². The summed E-state index contributed by atoms with van der Waals surface area (Å²) in [5.74, 6) is 2.49. The first kappa shape index (κ1) is 18.8. The lowest BCUT2D eigenvalue weighted by Crippen LogP contribution is -2.49. The van der Waals surface area contributed by atoms with Crippen LogP contribution in [0.1, 0.15) is 16.2 Å². The van der Waals surface area contributed by atoms with Crippen molar-refractivity contribution in [1.29, 1.82) is 0 Å². The number of aryl methyl sites for hydroxylation is 1. The number of anilines is 2. The van der Waals surface area contributed by atoms with E-state index in [0.29, 0.717) is 71.8 Å². The number of methoxy groups -OCH3 is 2. The van der Waals surface area contributed by atoms with Crippen LogP contribution < -0.4 is 20.1 Å². The number of hydrogen-bond acceptors (Lipinski definition) is 9. The lowest BCUT2D eigenvalue weighted by molar-refractivity contribution is 0.0735. The predicted octanol–water partition coefficient (Wildman–Crippen LogP) is 1.49. The van der Waals surface area contributed by atoms with Gasteiger partial charge in [0.2, 0.25) is 5.95 Å². The van der Waals surface area contributed by atoms with E-state index in [4.69, 9.17) is 19.7 Å². The zero-order valence-electron chi connectivity index (χ0n) is 16.5. The smallest absolute Gasteiger partial charge is 0.276 e. The first-order valence-corrected chi connectivity index (χ1v) is 9.17. The highest BCUT2D eigenvalue weighted by Crippen LogP contribution is 2.34. The Bertz CT molecular complexity index is 1060. The molecule has 4 rings (SSSR count). The van der Waals surface area contributed by atoms with Crippen molar-refractivity contribution >= 4 is 28.6 Å². The lowest BCUT2D eigenvalue weighted by Gasteiger charge is -2.34. The summed E-state index contributed by atoms with van der Waals surface area (Å²) in [6, 6.07) is 5.19. The Balaban J connectivity index is 1.54. The molecule has 1 aliphatic heterocycles. The molecule has 3 heterocycles. The molecular formula is C19H22N6O4. The Morgan fingerprint density at radius 3 is 2.38 bits per heavy atom. The average Bonchev–Trinajstić information content (AvgIpc) is 3.18. The van der Waals surface area contributed by atoms with Crippen LogP contribution in [0.3, 0.4) is 0 Å². The van der Waals surface area contributed by atoms with Crippen molar-refractivity contribution in [3.63, 3.8) is 0 Å². The van der Waals surface area contributed by atoms with Crippen LogP contribution in [0.4, 0.5) is 11.8 Å². The van der Waals surface area contributed by atoms with Gasteiger partial charge in [-0.1, -0.05) is 5.16 Å². The number of carbonyl (C=O) groups is 1. The number of nitrogen functional groups attached to an aromatic ring is 1. The van der Waals surface area contributed by atoms with E-state index >= 15 is 0 Å². The Labute approximate surface area is 167 Å². The molecule has 0 unspecified atom stereocenters. The molecule has 0 saturated carbocycles. The fourth-order valence-electron chi connectivity index (χ4n) is 3.35. The van der Waals surface area contributed by atoms with Crippen LogP contribution in [0.25, 0.3) is 10.9 Å². The Kier molecular flexibility index (Phi) is 4.83. The van der Waals surface area contributed by atoms with Crippen LogP contribution in [0, 0.1) is 6.92 Å². The summed E-state index contributed by atoms with van der Waals surface area (Å²) in [6.45, 7) is 3.98. The number of fused-ring (bicyclic) bond motifs is 1. The molecule has 10 nitrogen and oxygen atoms in total. The van der Waals surface area contributed by atoms with Crippen molar-refractivity contribution in [1.82, 2.24) is 20.0 Å². The van der Waals surface area contributed by atoms with Crippen molar-refractivity contribution in [3.8, 4) is 11.5 Å². The molecule has 0 radical (unpaired) electrons. The van der Waals surface area contributed by atoms with Crippen molar-refractivity contribution in [3.05, 3.63) is 29.7 Å². The molecule has 3 aromatic rings. The molecule has 2 N–H and O–H groups in total. The third-order valence-electron chi connectivity index (χ3n) is 4.92. The molecule has 0 spiro atoms. The molecule has 152 valence electrons. The molecule has 0 aliphatic carbocycles. The topological polar surface area (TPSA) is 120 Å². The molecular weight excluding hydrogens is 376 g/mol. The van der Waals surface area contributed by atoms with Gasteiger partial charge in [-0.05, 0) is 13.0 Å². The van der Waals surface area contributed by atoms with Gasteiger partial charge < -0.3 is 29.5 Å². The van der Waals surface area contributed by atoms with Crippen molar-refractivity contribution < 1.29 is 18.8 Å². The monoisotopic (exact) mass is 398 g/mol. The SMILES string of the molecule is COc1cc2nc(N3CCN(C(=O)c4cc(C)on4)CC3)nc(N)c2cc1OC. The van der Waals surface area contributed by atoms with E-state index in [1.807, 2.05) is 4.90 Å². The summed E-state index contributed by atoms with van der Waals surface area (Å²) >= 11 is 0. The Hall–Kier alpha value is -3.56. The lowest BCUT2D eigenvalue weighted by atomic mass is 10.2. The summed E-state index contributed by atoms with van der Waals surface area (Å²) in [7, 11) is 3.14. The molecule has 1 aliphatic rings. The summed E-state index contributed by atoms with van der Waals surface area (Å²) in [4.78, 5) is 25.4. The number of rotatable bonds is 4. The normalized spacial score (nSPS) is 14.3. The minimum absolute atomic E-state index is 0.141. The highest BCUT2D eigenvalue weighted by atomic mass is 16.5. The van der Waals surface area contributed by atoms with Crippen molar-refractivity contribution in [2.75, 3.05) is 51.0 Å². The summed E-state index contributed by atoms with van der Waals surface area (Å²) in [6.07, 6.45) is 0. The number of nitrogens with two attached hydrogens (primary N) is 1. The van der Waals surface area contributed by atoms with Gasteiger partial charge in [-0.3, -0.25) is 4.79 Å². The number of piperazine rings is 1. The van der Waals surface area contributed by atoms with Gasteiger partial charge in [0.15, 0.2) is 17.2 Å². The number of aromatic nitrogens is 3. The molecule has 10 heteroatoms. The third-order valence-corrected chi connectivity index (χ3v) is 4.92. The average molecular weight is 398 g/mol. The quantitative estimate of drug-likeness (QED) is 0.697. The Morgan fingerprint density at radius 2 is 1.76 bits per heavy atom. The predicted molar refractivity (Wildman–Crippen MR) is 106 cm³/mol. The standard InChI is InChI=1S/C19H22N6O4/c1-11-8-14(23-29-11)18(26)24-4-6-25(7-5-24)19-21-13-10-16(28-3)15(27-2)9-12(13)17(20)22-19/h8-10H,4-7H2,1-3H3,(H2,20,21,22). The molecule has 1 amide bonds. The zero-order chi connectivity index (χ0) is 20.5. The molecule has 0 atom stereocenters. The first-order valence-electron chi connectivity index (χ1n) is 9.17.